The highest BCUT2D eigenvalue weighted by Gasteiger charge is 2.33. The fourth-order valence-electron chi connectivity index (χ4n) is 2.78. The van der Waals surface area contributed by atoms with Crippen molar-refractivity contribution in [2.24, 2.45) is 0 Å². The smallest absolute Gasteiger partial charge is 0.272 e. The van der Waals surface area contributed by atoms with E-state index in [1.807, 2.05) is 31.2 Å². The van der Waals surface area contributed by atoms with E-state index in [9.17, 15) is 9.90 Å². The summed E-state index contributed by atoms with van der Waals surface area (Å²) in [6.45, 7) is 2.77. The van der Waals surface area contributed by atoms with Crippen LogP contribution in [0.3, 0.4) is 0 Å². The van der Waals surface area contributed by atoms with Crippen molar-refractivity contribution in [3.8, 4) is 11.8 Å². The minimum absolute atomic E-state index is 0.103. The van der Waals surface area contributed by atoms with Gasteiger partial charge in [-0.05, 0) is 37.3 Å². The Morgan fingerprint density at radius 1 is 1.24 bits per heavy atom. The van der Waals surface area contributed by atoms with E-state index in [1.54, 1.807) is 23.1 Å². The number of amides is 1. The number of halogens is 1. The maximum absolute atomic E-state index is 12.5. The molecule has 1 aromatic carbocycles. The van der Waals surface area contributed by atoms with E-state index in [4.69, 9.17) is 11.6 Å². The monoisotopic (exact) mass is 354 g/mol. The Balaban J connectivity index is 1.66. The number of likely N-dealkylation sites (tertiary alicyclic amines) is 1. The van der Waals surface area contributed by atoms with Gasteiger partial charge in [0.05, 0.1) is 0 Å². The van der Waals surface area contributed by atoms with Gasteiger partial charge in [0.15, 0.2) is 0 Å². The van der Waals surface area contributed by atoms with Gasteiger partial charge in [0.2, 0.25) is 0 Å². The van der Waals surface area contributed by atoms with E-state index in [1.165, 1.54) is 0 Å². The fraction of sp³-hybridized carbons (Fsp3) is 0.300. The van der Waals surface area contributed by atoms with E-state index in [-0.39, 0.29) is 5.91 Å². The first-order chi connectivity index (χ1) is 12.0. The standard InChI is InChI=1S/C20H19ClN2O2/c1-15-4-2-7-18(22-15)19(24)23-12-10-20(25,11-13-23)9-8-16-5-3-6-17(21)14-16/h2-7,14,25H,10-13H2,1H3. The number of aliphatic hydroxyl groups is 1. The molecule has 0 bridgehead atoms. The predicted octanol–water partition coefficient (Wildman–Crippen LogP) is 3.06. The van der Waals surface area contributed by atoms with Crippen LogP contribution in [0.2, 0.25) is 5.02 Å². The van der Waals surface area contributed by atoms with Gasteiger partial charge in [-0.15, -0.1) is 0 Å². The molecule has 0 spiro atoms. The van der Waals surface area contributed by atoms with E-state index in [2.05, 4.69) is 16.8 Å². The zero-order chi connectivity index (χ0) is 17.9. The van der Waals surface area contributed by atoms with Gasteiger partial charge in [0.1, 0.15) is 11.3 Å². The molecule has 1 aromatic heterocycles. The Kier molecular flexibility index (Phi) is 5.08. The molecule has 1 N–H and O–H groups in total. The molecule has 0 aliphatic carbocycles. The van der Waals surface area contributed by atoms with Crippen LogP contribution in [-0.4, -0.2) is 39.6 Å². The van der Waals surface area contributed by atoms with Crippen molar-refractivity contribution in [1.29, 1.82) is 0 Å². The lowest BCUT2D eigenvalue weighted by Crippen LogP contribution is -2.46. The van der Waals surface area contributed by atoms with Gasteiger partial charge in [-0.2, -0.15) is 0 Å². The predicted molar refractivity (Wildman–Crippen MR) is 97.4 cm³/mol. The number of piperidine rings is 1. The second kappa shape index (κ2) is 7.26. The highest BCUT2D eigenvalue weighted by Crippen LogP contribution is 2.23. The minimum atomic E-state index is -1.08. The summed E-state index contributed by atoms with van der Waals surface area (Å²) in [5.74, 6) is 5.82. The molecule has 25 heavy (non-hydrogen) atoms. The van der Waals surface area contributed by atoms with Gasteiger partial charge in [-0.1, -0.05) is 35.6 Å². The third-order valence-corrected chi connectivity index (χ3v) is 4.48. The van der Waals surface area contributed by atoms with Crippen molar-refractivity contribution in [1.82, 2.24) is 9.88 Å². The molecule has 5 heteroatoms. The van der Waals surface area contributed by atoms with Gasteiger partial charge in [0, 0.05) is 42.2 Å². The number of aryl methyl sites for hydroxylation is 1. The van der Waals surface area contributed by atoms with E-state index in [0.29, 0.717) is 36.6 Å². The second-order valence-electron chi connectivity index (χ2n) is 6.25. The van der Waals surface area contributed by atoms with Crippen LogP contribution in [0.1, 0.15) is 34.6 Å². The molecule has 4 nitrogen and oxygen atoms in total. The average Bonchev–Trinajstić information content (AvgIpc) is 2.60. The summed E-state index contributed by atoms with van der Waals surface area (Å²) < 4.78 is 0. The molecular weight excluding hydrogens is 336 g/mol. The van der Waals surface area contributed by atoms with Crippen molar-refractivity contribution < 1.29 is 9.90 Å². The molecule has 2 heterocycles. The number of carbonyl (C=O) groups is 1. The van der Waals surface area contributed by atoms with Crippen LogP contribution >= 0.6 is 11.6 Å². The van der Waals surface area contributed by atoms with Crippen LogP contribution in [0, 0.1) is 18.8 Å². The molecule has 1 fully saturated rings. The molecule has 1 aliphatic rings. The quantitative estimate of drug-likeness (QED) is 0.801. The maximum atomic E-state index is 12.5. The molecule has 1 saturated heterocycles. The lowest BCUT2D eigenvalue weighted by molar-refractivity contribution is 0.0246. The van der Waals surface area contributed by atoms with E-state index in [0.717, 1.165) is 11.3 Å². The molecule has 3 rings (SSSR count). The molecule has 1 amide bonds. The number of hydrogen-bond acceptors (Lipinski definition) is 3. The second-order valence-corrected chi connectivity index (χ2v) is 6.68. The highest BCUT2D eigenvalue weighted by molar-refractivity contribution is 6.30. The van der Waals surface area contributed by atoms with Crippen LogP contribution in [0.25, 0.3) is 0 Å². The van der Waals surface area contributed by atoms with E-state index >= 15 is 0 Å². The summed E-state index contributed by atoms with van der Waals surface area (Å²) in [7, 11) is 0. The Hall–Kier alpha value is -2.35. The van der Waals surface area contributed by atoms with Gasteiger partial charge in [-0.25, -0.2) is 4.98 Å². The Morgan fingerprint density at radius 3 is 2.64 bits per heavy atom. The summed E-state index contributed by atoms with van der Waals surface area (Å²) in [5, 5.41) is 11.3. The Morgan fingerprint density at radius 2 is 1.96 bits per heavy atom. The minimum Gasteiger partial charge on any atom is -0.377 e. The van der Waals surface area contributed by atoms with Crippen LogP contribution in [0.4, 0.5) is 0 Å². The molecule has 2 aromatic rings. The zero-order valence-electron chi connectivity index (χ0n) is 14.0. The topological polar surface area (TPSA) is 53.4 Å². The van der Waals surface area contributed by atoms with Crippen LogP contribution in [0.15, 0.2) is 42.5 Å². The molecule has 1 aliphatic heterocycles. The molecule has 0 radical (unpaired) electrons. The average molecular weight is 355 g/mol. The number of hydrogen-bond donors (Lipinski definition) is 1. The number of benzene rings is 1. The molecule has 0 unspecified atom stereocenters. The lowest BCUT2D eigenvalue weighted by atomic mass is 9.91. The number of nitrogens with zero attached hydrogens (tertiary/aromatic N) is 2. The normalized spacial score (nSPS) is 16.0. The third-order valence-electron chi connectivity index (χ3n) is 4.25. The number of aromatic nitrogens is 1. The van der Waals surface area contributed by atoms with Crippen LogP contribution in [-0.2, 0) is 0 Å². The molecular formula is C20H19ClN2O2. The largest absolute Gasteiger partial charge is 0.377 e. The highest BCUT2D eigenvalue weighted by atomic mass is 35.5. The summed E-state index contributed by atoms with van der Waals surface area (Å²) in [6, 6.07) is 12.6. The first-order valence-electron chi connectivity index (χ1n) is 8.19. The fourth-order valence-corrected chi connectivity index (χ4v) is 2.97. The van der Waals surface area contributed by atoms with Gasteiger partial charge >= 0.3 is 0 Å². The van der Waals surface area contributed by atoms with Crippen molar-refractivity contribution in [2.75, 3.05) is 13.1 Å². The van der Waals surface area contributed by atoms with Crippen molar-refractivity contribution in [2.45, 2.75) is 25.4 Å². The molecule has 0 saturated carbocycles. The molecule has 0 atom stereocenters. The van der Waals surface area contributed by atoms with Gasteiger partial charge in [0.25, 0.3) is 5.91 Å². The maximum Gasteiger partial charge on any atom is 0.272 e. The van der Waals surface area contributed by atoms with E-state index < -0.39 is 5.60 Å². The third kappa shape index (κ3) is 4.39. The van der Waals surface area contributed by atoms with Crippen molar-refractivity contribution in [3.05, 3.63) is 64.4 Å². The van der Waals surface area contributed by atoms with Gasteiger partial charge < -0.3 is 10.0 Å². The Bertz CT molecular complexity index is 846. The summed E-state index contributed by atoms with van der Waals surface area (Å²) in [5.41, 5.74) is 0.935. The van der Waals surface area contributed by atoms with Crippen LogP contribution in [0.5, 0.6) is 0 Å². The molecule has 128 valence electrons. The Labute approximate surface area is 152 Å². The number of rotatable bonds is 1. The SMILES string of the molecule is Cc1cccc(C(=O)N2CCC(O)(C#Cc3cccc(Cl)c3)CC2)n1. The zero-order valence-corrected chi connectivity index (χ0v) is 14.8. The summed E-state index contributed by atoms with van der Waals surface area (Å²) in [6.07, 6.45) is 0.830. The number of pyridine rings is 1. The van der Waals surface area contributed by atoms with Gasteiger partial charge in [-0.3, -0.25) is 4.79 Å². The first-order valence-corrected chi connectivity index (χ1v) is 8.57. The summed E-state index contributed by atoms with van der Waals surface area (Å²) in [4.78, 5) is 18.5. The van der Waals surface area contributed by atoms with Crippen molar-refractivity contribution >= 4 is 17.5 Å². The van der Waals surface area contributed by atoms with Crippen molar-refractivity contribution in [3.63, 3.8) is 0 Å². The summed E-state index contributed by atoms with van der Waals surface area (Å²) >= 11 is 5.94. The van der Waals surface area contributed by atoms with Crippen LogP contribution < -0.4 is 0 Å². The first kappa shape index (κ1) is 17.5. The number of carbonyl (C=O) groups excluding carboxylic acids is 1. The lowest BCUT2D eigenvalue weighted by Gasteiger charge is -2.34.